The molecule has 0 aliphatic heterocycles. The van der Waals surface area contributed by atoms with Crippen molar-refractivity contribution in [1.29, 1.82) is 0 Å². The van der Waals surface area contributed by atoms with Crippen molar-refractivity contribution >= 4 is 6.21 Å². The Balaban J connectivity index is 2.61. The molecule has 0 spiro atoms. The first-order valence-corrected chi connectivity index (χ1v) is 4.38. The van der Waals surface area contributed by atoms with E-state index in [4.69, 9.17) is 9.84 Å². The number of aliphatic hydroxyl groups is 1. The second kappa shape index (κ2) is 5.99. The molecule has 76 valence electrons. The molecular formula is C10H14N2O2. The quantitative estimate of drug-likeness (QED) is 0.410. The molecule has 2 N–H and O–H groups in total. The van der Waals surface area contributed by atoms with Gasteiger partial charge in [0.05, 0.1) is 26.5 Å². The summed E-state index contributed by atoms with van der Waals surface area (Å²) in [6.45, 7) is 0.523. The number of benzene rings is 1. The van der Waals surface area contributed by atoms with Gasteiger partial charge in [-0.05, 0) is 12.1 Å². The molecule has 0 unspecified atom stereocenters. The second-order valence-electron chi connectivity index (χ2n) is 2.63. The molecule has 0 aliphatic carbocycles. The van der Waals surface area contributed by atoms with Crippen molar-refractivity contribution < 1.29 is 9.84 Å². The molecule has 0 heterocycles. The summed E-state index contributed by atoms with van der Waals surface area (Å²) in [7, 11) is 1.62. The van der Waals surface area contributed by atoms with Crippen LogP contribution in [0.4, 0.5) is 0 Å². The minimum absolute atomic E-state index is 0.0727. The van der Waals surface area contributed by atoms with Crippen LogP contribution in [-0.4, -0.2) is 31.6 Å². The fourth-order valence-corrected chi connectivity index (χ4v) is 1.00. The largest absolute Gasteiger partial charge is 0.496 e. The van der Waals surface area contributed by atoms with Crippen molar-refractivity contribution in [2.45, 2.75) is 0 Å². The molecule has 0 aliphatic rings. The van der Waals surface area contributed by atoms with E-state index in [1.165, 1.54) is 0 Å². The average Bonchev–Trinajstić information content (AvgIpc) is 2.25. The maximum atomic E-state index is 8.50. The Kier molecular flexibility index (Phi) is 4.50. The van der Waals surface area contributed by atoms with Gasteiger partial charge in [0.2, 0.25) is 0 Å². The van der Waals surface area contributed by atoms with Crippen LogP contribution in [0, 0.1) is 0 Å². The Morgan fingerprint density at radius 2 is 2.29 bits per heavy atom. The number of methoxy groups -OCH3 is 1. The lowest BCUT2D eigenvalue weighted by Gasteiger charge is -2.02. The summed E-state index contributed by atoms with van der Waals surface area (Å²) < 4.78 is 5.13. The fraction of sp³-hybridized carbons (Fsp3) is 0.300. The van der Waals surface area contributed by atoms with Crippen LogP contribution in [0.2, 0.25) is 0 Å². The van der Waals surface area contributed by atoms with E-state index in [1.54, 1.807) is 13.3 Å². The van der Waals surface area contributed by atoms with E-state index in [0.29, 0.717) is 6.54 Å². The van der Waals surface area contributed by atoms with Crippen LogP contribution in [0.3, 0.4) is 0 Å². The van der Waals surface area contributed by atoms with Gasteiger partial charge in [0.25, 0.3) is 0 Å². The van der Waals surface area contributed by atoms with Gasteiger partial charge in [-0.1, -0.05) is 12.1 Å². The predicted molar refractivity (Wildman–Crippen MR) is 55.7 cm³/mol. The number of hydrazone groups is 1. The Bertz CT molecular complexity index is 300. The van der Waals surface area contributed by atoms with Crippen LogP contribution in [0.1, 0.15) is 5.56 Å². The van der Waals surface area contributed by atoms with E-state index >= 15 is 0 Å². The standard InChI is InChI=1S/C10H14N2O2/c1-14-10-5-3-2-4-9(10)8-12-11-6-7-13/h2-5,8,11,13H,6-7H2,1H3. The summed E-state index contributed by atoms with van der Waals surface area (Å²) in [5.41, 5.74) is 3.60. The van der Waals surface area contributed by atoms with Crippen molar-refractivity contribution in [1.82, 2.24) is 5.43 Å². The molecule has 0 radical (unpaired) electrons. The molecular weight excluding hydrogens is 180 g/mol. The lowest BCUT2D eigenvalue weighted by Crippen LogP contribution is -2.11. The number of aliphatic hydroxyl groups excluding tert-OH is 1. The molecule has 0 aromatic heterocycles. The van der Waals surface area contributed by atoms with Crippen LogP contribution < -0.4 is 10.2 Å². The van der Waals surface area contributed by atoms with Crippen molar-refractivity contribution in [2.75, 3.05) is 20.3 Å². The number of nitrogens with one attached hydrogen (secondary N) is 1. The lowest BCUT2D eigenvalue weighted by molar-refractivity contribution is 0.294. The Labute approximate surface area is 83.2 Å². The minimum atomic E-state index is 0.0727. The van der Waals surface area contributed by atoms with Gasteiger partial charge in [-0.25, -0.2) is 0 Å². The lowest BCUT2D eigenvalue weighted by atomic mass is 10.2. The molecule has 0 fully saturated rings. The van der Waals surface area contributed by atoms with Crippen LogP contribution >= 0.6 is 0 Å². The van der Waals surface area contributed by atoms with E-state index in [2.05, 4.69) is 10.5 Å². The maximum absolute atomic E-state index is 8.50. The number of hydrogen-bond acceptors (Lipinski definition) is 4. The normalized spacial score (nSPS) is 10.4. The van der Waals surface area contributed by atoms with Crippen LogP contribution in [-0.2, 0) is 0 Å². The number of hydrogen-bond donors (Lipinski definition) is 2. The average molecular weight is 194 g/mol. The molecule has 1 aromatic rings. The topological polar surface area (TPSA) is 53.8 Å². The van der Waals surface area contributed by atoms with E-state index in [0.717, 1.165) is 11.3 Å². The van der Waals surface area contributed by atoms with Crippen LogP contribution in [0.15, 0.2) is 29.4 Å². The van der Waals surface area contributed by atoms with E-state index < -0.39 is 0 Å². The molecule has 0 saturated heterocycles. The van der Waals surface area contributed by atoms with Gasteiger partial charge in [0.1, 0.15) is 5.75 Å². The molecule has 4 nitrogen and oxygen atoms in total. The summed E-state index contributed by atoms with van der Waals surface area (Å²) in [6, 6.07) is 7.59. The van der Waals surface area contributed by atoms with Crippen LogP contribution in [0.5, 0.6) is 5.75 Å². The summed E-state index contributed by atoms with van der Waals surface area (Å²) in [4.78, 5) is 0. The minimum Gasteiger partial charge on any atom is -0.496 e. The Morgan fingerprint density at radius 3 is 3.00 bits per heavy atom. The Morgan fingerprint density at radius 1 is 1.50 bits per heavy atom. The molecule has 0 amide bonds. The highest BCUT2D eigenvalue weighted by Gasteiger charge is 1.96. The first-order chi connectivity index (χ1) is 6.88. The van der Waals surface area contributed by atoms with E-state index in [9.17, 15) is 0 Å². The van der Waals surface area contributed by atoms with E-state index in [-0.39, 0.29) is 6.61 Å². The molecule has 0 saturated carbocycles. The number of rotatable bonds is 5. The third-order valence-corrected chi connectivity index (χ3v) is 1.66. The van der Waals surface area contributed by atoms with Crippen molar-refractivity contribution in [2.24, 2.45) is 5.10 Å². The van der Waals surface area contributed by atoms with E-state index in [1.807, 2.05) is 24.3 Å². The fourth-order valence-electron chi connectivity index (χ4n) is 1.00. The van der Waals surface area contributed by atoms with Crippen molar-refractivity contribution in [3.8, 4) is 5.75 Å². The third kappa shape index (κ3) is 3.06. The maximum Gasteiger partial charge on any atom is 0.127 e. The van der Waals surface area contributed by atoms with Gasteiger partial charge in [0.15, 0.2) is 0 Å². The SMILES string of the molecule is COc1ccccc1C=NNCCO. The predicted octanol–water partition coefficient (Wildman–Crippen LogP) is 0.611. The summed E-state index contributed by atoms with van der Waals surface area (Å²) >= 11 is 0. The third-order valence-electron chi connectivity index (χ3n) is 1.66. The number of para-hydroxylation sites is 1. The zero-order valence-corrected chi connectivity index (χ0v) is 8.10. The van der Waals surface area contributed by atoms with Crippen molar-refractivity contribution in [3.05, 3.63) is 29.8 Å². The molecule has 0 bridgehead atoms. The van der Waals surface area contributed by atoms with Gasteiger partial charge in [-0.2, -0.15) is 5.10 Å². The molecule has 0 atom stereocenters. The smallest absolute Gasteiger partial charge is 0.127 e. The summed E-state index contributed by atoms with van der Waals surface area (Å²) in [5.74, 6) is 0.780. The monoisotopic (exact) mass is 194 g/mol. The van der Waals surface area contributed by atoms with Gasteiger partial charge in [-0.3, -0.25) is 0 Å². The van der Waals surface area contributed by atoms with Crippen molar-refractivity contribution in [3.63, 3.8) is 0 Å². The first-order valence-electron chi connectivity index (χ1n) is 4.38. The second-order valence-corrected chi connectivity index (χ2v) is 2.63. The summed E-state index contributed by atoms with van der Waals surface area (Å²) in [5, 5.41) is 12.4. The van der Waals surface area contributed by atoms with Gasteiger partial charge in [0, 0.05) is 5.56 Å². The van der Waals surface area contributed by atoms with Gasteiger partial charge in [-0.15, -0.1) is 0 Å². The van der Waals surface area contributed by atoms with Gasteiger partial charge >= 0.3 is 0 Å². The highest BCUT2D eigenvalue weighted by atomic mass is 16.5. The zero-order chi connectivity index (χ0) is 10.2. The molecule has 1 rings (SSSR count). The first kappa shape index (κ1) is 10.5. The molecule has 14 heavy (non-hydrogen) atoms. The zero-order valence-electron chi connectivity index (χ0n) is 8.10. The summed E-state index contributed by atoms with van der Waals surface area (Å²) in [6.07, 6.45) is 1.66. The molecule has 4 heteroatoms. The van der Waals surface area contributed by atoms with Gasteiger partial charge < -0.3 is 15.3 Å². The molecule has 1 aromatic carbocycles. The highest BCUT2D eigenvalue weighted by Crippen LogP contribution is 2.14. The Hall–Kier alpha value is -1.55. The number of ether oxygens (including phenoxy) is 1. The van der Waals surface area contributed by atoms with Crippen LogP contribution in [0.25, 0.3) is 0 Å². The highest BCUT2D eigenvalue weighted by molar-refractivity contribution is 5.83. The number of nitrogens with zero attached hydrogens (tertiary/aromatic N) is 1.